The number of nitrogens with zero attached hydrogens (tertiary/aromatic N) is 6. The average Bonchev–Trinajstić information content (AvgIpc) is 2.95. The van der Waals surface area contributed by atoms with Crippen molar-refractivity contribution in [2.75, 3.05) is 29.9 Å². The Morgan fingerprint density at radius 3 is 1.64 bits per heavy atom. The lowest BCUT2D eigenvalue weighted by molar-refractivity contribution is -0.692. The Labute approximate surface area is 221 Å². The van der Waals surface area contributed by atoms with Gasteiger partial charge in [0.2, 0.25) is 11.0 Å². The Balaban J connectivity index is 1.18. The highest BCUT2D eigenvalue weighted by atomic mass is 33.1. The van der Waals surface area contributed by atoms with Crippen LogP contribution in [-0.4, -0.2) is 32.3 Å². The molecule has 4 rings (SSSR count). The molecule has 2 aromatic carbocycles. The van der Waals surface area contributed by atoms with Gasteiger partial charge in [-0.15, -0.1) is 3.97 Å². The minimum atomic E-state index is 0.941. The second-order valence-electron chi connectivity index (χ2n) is 7.96. The van der Waals surface area contributed by atoms with Crippen molar-refractivity contribution in [3.63, 3.8) is 0 Å². The van der Waals surface area contributed by atoms with Crippen molar-refractivity contribution >= 4 is 45.6 Å². The van der Waals surface area contributed by atoms with Gasteiger partial charge >= 0.3 is 0 Å². The monoisotopic (exact) mass is 514 g/mol. The van der Waals surface area contributed by atoms with E-state index < -0.39 is 0 Å². The minimum Gasteiger partial charge on any atom is -0.269 e. The molecule has 0 N–H and O–H groups in total. The van der Waals surface area contributed by atoms with Crippen LogP contribution in [-0.2, 0) is 6.54 Å². The Morgan fingerprint density at radius 1 is 0.667 bits per heavy atom. The zero-order chi connectivity index (χ0) is 25.0. The van der Waals surface area contributed by atoms with Gasteiger partial charge < -0.3 is 0 Å². The Morgan fingerprint density at radius 2 is 1.14 bits per heavy atom. The van der Waals surface area contributed by atoms with Crippen LogP contribution in [0.2, 0.25) is 0 Å². The molecule has 0 aliphatic carbocycles. The number of para-hydroxylation sites is 2. The molecule has 0 aliphatic heterocycles. The van der Waals surface area contributed by atoms with Gasteiger partial charge in [-0.25, -0.2) is 4.57 Å². The molecule has 36 heavy (non-hydrogen) atoms. The molecule has 0 atom stereocenters. The first-order valence-corrected chi connectivity index (χ1v) is 13.9. The van der Waals surface area contributed by atoms with E-state index in [4.69, 9.17) is 0 Å². The van der Waals surface area contributed by atoms with Crippen molar-refractivity contribution in [1.82, 2.24) is 0 Å². The van der Waals surface area contributed by atoms with E-state index in [0.29, 0.717) is 0 Å². The van der Waals surface area contributed by atoms with Gasteiger partial charge in [0.1, 0.15) is 0 Å². The van der Waals surface area contributed by atoms with Gasteiger partial charge in [-0.05, 0) is 35.1 Å². The fourth-order valence-corrected chi connectivity index (χ4v) is 5.05. The summed E-state index contributed by atoms with van der Waals surface area (Å²) >= 11 is 0. The van der Waals surface area contributed by atoms with Gasteiger partial charge in [-0.2, -0.15) is 10.2 Å². The summed E-state index contributed by atoms with van der Waals surface area (Å²) in [5.74, 6) is 0.998. The van der Waals surface area contributed by atoms with Crippen molar-refractivity contribution in [3.8, 4) is 0 Å². The highest BCUT2D eigenvalue weighted by Crippen LogP contribution is 2.16. The van der Waals surface area contributed by atoms with E-state index in [1.54, 1.807) is 11.0 Å². The van der Waals surface area contributed by atoms with Crippen LogP contribution >= 0.6 is 21.8 Å². The lowest BCUT2D eigenvalue weighted by Crippen LogP contribution is -2.34. The molecule has 0 unspecified atom stereocenters. The van der Waals surface area contributed by atoms with Crippen LogP contribution in [0.3, 0.4) is 0 Å². The minimum absolute atomic E-state index is 0.941. The third-order valence-corrected chi connectivity index (χ3v) is 7.54. The van der Waals surface area contributed by atoms with Crippen LogP contribution in [0.15, 0.2) is 120 Å². The maximum atomic E-state index is 4.52. The summed E-state index contributed by atoms with van der Waals surface area (Å²) in [6.45, 7) is 0.941. The molecular formula is C28H30N6S2+2. The predicted molar refractivity (Wildman–Crippen MR) is 154 cm³/mol. The van der Waals surface area contributed by atoms with E-state index in [2.05, 4.69) is 67.8 Å². The van der Waals surface area contributed by atoms with E-state index in [0.717, 1.165) is 34.8 Å². The number of hydrogen-bond donors (Lipinski definition) is 0. The third-order valence-electron chi connectivity index (χ3n) is 5.34. The normalized spacial score (nSPS) is 11.3. The second-order valence-corrected chi connectivity index (χ2v) is 10.3. The summed E-state index contributed by atoms with van der Waals surface area (Å²) in [4.78, 5) is 0. The van der Waals surface area contributed by atoms with Gasteiger partial charge in [0, 0.05) is 49.5 Å². The van der Waals surface area contributed by atoms with Crippen LogP contribution in [0.1, 0.15) is 11.1 Å². The van der Waals surface area contributed by atoms with Gasteiger partial charge in [0.25, 0.3) is 0 Å². The van der Waals surface area contributed by atoms with Crippen LogP contribution in [0, 0.1) is 0 Å². The highest BCUT2D eigenvalue weighted by molar-refractivity contribution is 8.74. The van der Waals surface area contributed by atoms with Crippen LogP contribution in [0.25, 0.3) is 0 Å². The van der Waals surface area contributed by atoms with E-state index in [1.165, 1.54) is 0 Å². The fraction of sp³-hybridized carbons (Fsp3) is 0.143. The lowest BCUT2D eigenvalue weighted by Gasteiger charge is -2.11. The van der Waals surface area contributed by atoms with Crippen LogP contribution < -0.4 is 18.6 Å². The molecule has 6 nitrogen and oxygen atoms in total. The van der Waals surface area contributed by atoms with Crippen molar-refractivity contribution in [3.05, 3.63) is 121 Å². The molecule has 4 aromatic rings. The fourth-order valence-electron chi connectivity index (χ4n) is 3.23. The topological polar surface area (TPSA) is 39.0 Å². The Kier molecular flexibility index (Phi) is 9.53. The van der Waals surface area contributed by atoms with Gasteiger partial charge in [0.05, 0.1) is 29.6 Å². The zero-order valence-corrected chi connectivity index (χ0v) is 22.1. The van der Waals surface area contributed by atoms with Crippen molar-refractivity contribution in [1.29, 1.82) is 0 Å². The molecule has 2 aromatic heterocycles. The van der Waals surface area contributed by atoms with E-state index in [-0.39, 0.29) is 0 Å². The summed E-state index contributed by atoms with van der Waals surface area (Å²) < 4.78 is 4.30. The maximum absolute atomic E-state index is 4.52. The van der Waals surface area contributed by atoms with Crippen LogP contribution in [0.4, 0.5) is 11.4 Å². The highest BCUT2D eigenvalue weighted by Gasteiger charge is 2.07. The Bertz CT molecular complexity index is 1150. The first-order valence-electron chi connectivity index (χ1n) is 11.6. The standard InChI is InChI=1S/C28H30N6S2/c1-31(27-9-5-3-6-10-27)29-23-25-13-17-33(18-14-25)21-22-35-36-34-19-15-26(16-20-34)24-30-32(2)28-11-7-4-8-12-28/h3-20,23-24H,21-22H2,1-2H3/q+2. The maximum Gasteiger partial charge on any atom is 0.238 e. The van der Waals surface area contributed by atoms with Gasteiger partial charge in [-0.3, -0.25) is 10.0 Å². The number of hydrazone groups is 2. The summed E-state index contributed by atoms with van der Waals surface area (Å²) in [5.41, 5.74) is 4.26. The molecule has 0 bridgehead atoms. The number of benzene rings is 2. The van der Waals surface area contributed by atoms with E-state index in [9.17, 15) is 0 Å². The molecule has 0 amide bonds. The summed E-state index contributed by atoms with van der Waals surface area (Å²) in [6.07, 6.45) is 12.1. The predicted octanol–water partition coefficient (Wildman–Crippen LogP) is 5.05. The second kappa shape index (κ2) is 13.5. The lowest BCUT2D eigenvalue weighted by atomic mass is 10.3. The van der Waals surface area contributed by atoms with Gasteiger partial charge in [0.15, 0.2) is 31.3 Å². The molecule has 0 saturated carbocycles. The largest absolute Gasteiger partial charge is 0.269 e. The van der Waals surface area contributed by atoms with Crippen molar-refractivity contribution < 1.29 is 8.54 Å². The number of pyridine rings is 2. The van der Waals surface area contributed by atoms with E-state index >= 15 is 0 Å². The molecular weight excluding hydrogens is 484 g/mol. The summed E-state index contributed by atoms with van der Waals surface area (Å²) in [5, 5.41) is 12.8. The summed E-state index contributed by atoms with van der Waals surface area (Å²) in [6, 6.07) is 28.5. The molecule has 0 aliphatic rings. The Hall–Kier alpha value is -3.62. The molecule has 0 fully saturated rings. The first-order chi connectivity index (χ1) is 17.7. The molecule has 2 heterocycles. The molecule has 8 heteroatoms. The molecule has 0 spiro atoms. The van der Waals surface area contributed by atoms with Crippen molar-refractivity contribution in [2.24, 2.45) is 10.2 Å². The average molecular weight is 515 g/mol. The van der Waals surface area contributed by atoms with Crippen LogP contribution in [0.5, 0.6) is 0 Å². The zero-order valence-electron chi connectivity index (χ0n) is 20.5. The number of anilines is 2. The first kappa shape index (κ1) is 25.5. The summed E-state index contributed by atoms with van der Waals surface area (Å²) in [7, 11) is 7.44. The number of rotatable bonds is 11. The van der Waals surface area contributed by atoms with Crippen molar-refractivity contribution in [2.45, 2.75) is 6.54 Å². The smallest absolute Gasteiger partial charge is 0.238 e. The number of aryl methyl sites for hydroxylation is 1. The number of hydrogen-bond acceptors (Lipinski definition) is 6. The van der Waals surface area contributed by atoms with E-state index in [1.807, 2.05) is 108 Å². The molecule has 0 saturated heterocycles. The third kappa shape index (κ3) is 7.96. The molecule has 0 radical (unpaired) electrons. The SMILES string of the molecule is CN(N=Cc1cc[n+](CCSS[n+]2ccc(C=NN(C)c3ccccc3)cc2)cc1)c1ccccc1. The molecule has 182 valence electrons. The van der Waals surface area contributed by atoms with Gasteiger partial charge in [-0.1, -0.05) is 36.4 Å². The quantitative estimate of drug-likeness (QED) is 0.0924. The number of aromatic nitrogens is 2.